The van der Waals surface area contributed by atoms with E-state index >= 15 is 0 Å². The van der Waals surface area contributed by atoms with E-state index in [1.807, 2.05) is 19.1 Å². The number of halogens is 1. The third-order valence-corrected chi connectivity index (χ3v) is 5.28. The van der Waals surface area contributed by atoms with Crippen LogP contribution in [0.3, 0.4) is 0 Å². The third kappa shape index (κ3) is 4.62. The summed E-state index contributed by atoms with van der Waals surface area (Å²) in [5, 5.41) is 2.90. The molecule has 1 atom stereocenters. The zero-order valence-corrected chi connectivity index (χ0v) is 16.6. The molecule has 7 heteroatoms. The smallest absolute Gasteiger partial charge is 0.251 e. The number of anilines is 1. The molecule has 0 aromatic heterocycles. The van der Waals surface area contributed by atoms with Crippen molar-refractivity contribution in [1.29, 1.82) is 0 Å². The van der Waals surface area contributed by atoms with Crippen molar-refractivity contribution in [3.05, 3.63) is 53.8 Å². The van der Waals surface area contributed by atoms with Crippen LogP contribution in [0, 0.1) is 5.82 Å². The third-order valence-electron chi connectivity index (χ3n) is 5.28. The van der Waals surface area contributed by atoms with Crippen molar-refractivity contribution in [1.82, 2.24) is 10.2 Å². The van der Waals surface area contributed by atoms with Crippen LogP contribution in [-0.4, -0.2) is 62.8 Å². The Bertz CT molecular complexity index is 851. The molecular formula is C22H26FN3O3. The van der Waals surface area contributed by atoms with Gasteiger partial charge in [0.1, 0.15) is 18.5 Å². The van der Waals surface area contributed by atoms with Gasteiger partial charge in [-0.25, -0.2) is 4.39 Å². The number of hydrogen-bond donors (Lipinski definition) is 1. The lowest BCUT2D eigenvalue weighted by Crippen LogP contribution is -2.48. The minimum absolute atomic E-state index is 0.0692. The number of para-hydroxylation sites is 1. The van der Waals surface area contributed by atoms with Crippen molar-refractivity contribution < 1.29 is 18.7 Å². The molecule has 29 heavy (non-hydrogen) atoms. The number of carbonyl (C=O) groups excluding carboxylic acids is 1. The molecule has 2 aromatic rings. The van der Waals surface area contributed by atoms with Crippen LogP contribution in [-0.2, 0) is 0 Å². The summed E-state index contributed by atoms with van der Waals surface area (Å²) in [4.78, 5) is 16.8. The Labute approximate surface area is 170 Å². The van der Waals surface area contributed by atoms with Crippen LogP contribution in [0.15, 0.2) is 42.5 Å². The number of nitrogens with one attached hydrogen (secondary N) is 1. The van der Waals surface area contributed by atoms with Crippen LogP contribution in [0.2, 0.25) is 0 Å². The van der Waals surface area contributed by atoms with Crippen LogP contribution >= 0.6 is 0 Å². The topological polar surface area (TPSA) is 54.0 Å². The Kier molecular flexibility index (Phi) is 5.85. The van der Waals surface area contributed by atoms with E-state index in [9.17, 15) is 9.18 Å². The first-order valence-corrected chi connectivity index (χ1v) is 10.0. The molecule has 1 fully saturated rings. The van der Waals surface area contributed by atoms with Crippen LogP contribution in [0.4, 0.5) is 10.1 Å². The van der Waals surface area contributed by atoms with Gasteiger partial charge in [0.05, 0.1) is 5.69 Å². The molecule has 0 unspecified atom stereocenters. The lowest BCUT2D eigenvalue weighted by atomic mass is 10.2. The van der Waals surface area contributed by atoms with Crippen molar-refractivity contribution in [2.75, 3.05) is 50.8 Å². The molecule has 0 saturated carbocycles. The molecule has 2 aliphatic heterocycles. The second-order valence-corrected chi connectivity index (χ2v) is 7.44. The molecule has 1 saturated heterocycles. The van der Waals surface area contributed by atoms with Crippen LogP contribution < -0.4 is 19.7 Å². The monoisotopic (exact) mass is 399 g/mol. The van der Waals surface area contributed by atoms with Gasteiger partial charge in [0.2, 0.25) is 0 Å². The average Bonchev–Trinajstić information content (AvgIpc) is 2.74. The fraction of sp³-hybridized carbons (Fsp3) is 0.409. The van der Waals surface area contributed by atoms with Gasteiger partial charge in [0, 0.05) is 44.8 Å². The van der Waals surface area contributed by atoms with Crippen molar-refractivity contribution in [2.45, 2.75) is 13.0 Å². The van der Waals surface area contributed by atoms with Gasteiger partial charge in [-0.05, 0) is 43.3 Å². The molecule has 6 nitrogen and oxygen atoms in total. The standard InChI is InChI=1S/C22H26FN3O3/c1-16-15-28-21-19(3-2-4-20(21)29-16)26-13-11-25(12-14-26)10-9-24-22(27)17-5-7-18(23)8-6-17/h2-8,16H,9-15H2,1H3,(H,24,27)/t16-/m0/s1. The lowest BCUT2D eigenvalue weighted by molar-refractivity contribution is 0.0947. The molecule has 2 heterocycles. The highest BCUT2D eigenvalue weighted by atomic mass is 19.1. The van der Waals surface area contributed by atoms with E-state index in [1.165, 1.54) is 24.3 Å². The average molecular weight is 399 g/mol. The maximum atomic E-state index is 13.0. The zero-order valence-electron chi connectivity index (χ0n) is 16.6. The summed E-state index contributed by atoms with van der Waals surface area (Å²) >= 11 is 0. The quantitative estimate of drug-likeness (QED) is 0.838. The molecule has 1 amide bonds. The molecule has 0 bridgehead atoms. The SMILES string of the molecule is C[C@H]1COc2c(cccc2N2CCN(CCNC(=O)c3ccc(F)cc3)CC2)O1. The first-order chi connectivity index (χ1) is 14.1. The molecule has 2 aliphatic rings. The predicted molar refractivity (Wildman–Crippen MR) is 109 cm³/mol. The molecule has 1 N–H and O–H groups in total. The number of carbonyl (C=O) groups is 1. The van der Waals surface area contributed by atoms with Gasteiger partial charge in [-0.2, -0.15) is 0 Å². The van der Waals surface area contributed by atoms with E-state index in [0.717, 1.165) is 49.9 Å². The molecule has 0 radical (unpaired) electrons. The van der Waals surface area contributed by atoms with Crippen LogP contribution in [0.5, 0.6) is 11.5 Å². The second-order valence-electron chi connectivity index (χ2n) is 7.44. The highest BCUT2D eigenvalue weighted by Crippen LogP contribution is 2.40. The van der Waals surface area contributed by atoms with Crippen molar-refractivity contribution >= 4 is 11.6 Å². The van der Waals surface area contributed by atoms with Gasteiger partial charge in [-0.3, -0.25) is 9.69 Å². The van der Waals surface area contributed by atoms with Gasteiger partial charge in [0.25, 0.3) is 5.91 Å². The number of nitrogens with zero attached hydrogens (tertiary/aromatic N) is 2. The number of ether oxygens (including phenoxy) is 2. The van der Waals surface area contributed by atoms with Gasteiger partial charge in [-0.15, -0.1) is 0 Å². The Morgan fingerprint density at radius 3 is 2.66 bits per heavy atom. The number of rotatable bonds is 5. The lowest BCUT2D eigenvalue weighted by Gasteiger charge is -2.37. The normalized spacial score (nSPS) is 19.1. The van der Waals surface area contributed by atoms with Gasteiger partial charge >= 0.3 is 0 Å². The maximum Gasteiger partial charge on any atom is 0.251 e. The molecule has 0 aliphatic carbocycles. The Hall–Kier alpha value is -2.80. The van der Waals surface area contributed by atoms with E-state index < -0.39 is 0 Å². The summed E-state index contributed by atoms with van der Waals surface area (Å²) in [5.41, 5.74) is 1.56. The number of piperazine rings is 1. The fourth-order valence-electron chi connectivity index (χ4n) is 3.69. The molecule has 4 rings (SSSR count). The summed E-state index contributed by atoms with van der Waals surface area (Å²) < 4.78 is 24.8. The van der Waals surface area contributed by atoms with E-state index in [4.69, 9.17) is 9.47 Å². The minimum atomic E-state index is -0.342. The van der Waals surface area contributed by atoms with Crippen molar-refractivity contribution in [2.24, 2.45) is 0 Å². The highest BCUT2D eigenvalue weighted by Gasteiger charge is 2.25. The van der Waals surface area contributed by atoms with E-state index in [0.29, 0.717) is 18.7 Å². The van der Waals surface area contributed by atoms with Crippen LogP contribution in [0.25, 0.3) is 0 Å². The van der Waals surface area contributed by atoms with Crippen LogP contribution in [0.1, 0.15) is 17.3 Å². The summed E-state index contributed by atoms with van der Waals surface area (Å²) in [7, 11) is 0. The Morgan fingerprint density at radius 1 is 1.14 bits per heavy atom. The van der Waals surface area contributed by atoms with E-state index in [-0.39, 0.29) is 17.8 Å². The van der Waals surface area contributed by atoms with E-state index in [2.05, 4.69) is 21.2 Å². The van der Waals surface area contributed by atoms with Gasteiger partial charge < -0.3 is 19.7 Å². The van der Waals surface area contributed by atoms with Gasteiger partial charge in [-0.1, -0.05) is 6.07 Å². The van der Waals surface area contributed by atoms with Crippen molar-refractivity contribution in [3.63, 3.8) is 0 Å². The maximum absolute atomic E-state index is 13.0. The molecule has 0 spiro atoms. The van der Waals surface area contributed by atoms with E-state index in [1.54, 1.807) is 0 Å². The largest absolute Gasteiger partial charge is 0.484 e. The Balaban J connectivity index is 1.25. The summed E-state index contributed by atoms with van der Waals surface area (Å²) in [6.07, 6.45) is 0.0692. The molecular weight excluding hydrogens is 373 g/mol. The summed E-state index contributed by atoms with van der Waals surface area (Å²) in [6, 6.07) is 11.6. The van der Waals surface area contributed by atoms with Gasteiger partial charge in [0.15, 0.2) is 11.5 Å². The molecule has 154 valence electrons. The number of hydrogen-bond acceptors (Lipinski definition) is 5. The zero-order chi connectivity index (χ0) is 20.2. The minimum Gasteiger partial charge on any atom is -0.484 e. The first-order valence-electron chi connectivity index (χ1n) is 10.0. The highest BCUT2D eigenvalue weighted by molar-refractivity contribution is 5.94. The van der Waals surface area contributed by atoms with Crippen molar-refractivity contribution in [3.8, 4) is 11.5 Å². The second kappa shape index (κ2) is 8.69. The number of fused-ring (bicyclic) bond motifs is 1. The summed E-state index contributed by atoms with van der Waals surface area (Å²) in [5.74, 6) is 1.13. The predicted octanol–water partition coefficient (Wildman–Crippen LogP) is 2.54. The molecule has 2 aromatic carbocycles. The first kappa shape index (κ1) is 19.5. The fourth-order valence-corrected chi connectivity index (χ4v) is 3.69. The number of benzene rings is 2. The summed E-state index contributed by atoms with van der Waals surface area (Å²) in [6.45, 7) is 7.51. The Morgan fingerprint density at radius 2 is 1.90 bits per heavy atom. The number of amides is 1.